The number of pyridine rings is 1. The summed E-state index contributed by atoms with van der Waals surface area (Å²) in [6.45, 7) is 0.156. The Morgan fingerprint density at radius 1 is 1.32 bits per heavy atom. The summed E-state index contributed by atoms with van der Waals surface area (Å²) in [5.74, 6) is -0.509. The van der Waals surface area contributed by atoms with Crippen molar-refractivity contribution in [3.05, 3.63) is 50.8 Å². The van der Waals surface area contributed by atoms with Gasteiger partial charge in [-0.3, -0.25) is 19.7 Å². The lowest BCUT2D eigenvalue weighted by molar-refractivity contribution is -0.384. The molecule has 0 radical (unpaired) electrons. The van der Waals surface area contributed by atoms with Crippen molar-refractivity contribution in [2.24, 2.45) is 5.73 Å². The molecule has 7 heteroatoms. The van der Waals surface area contributed by atoms with Gasteiger partial charge in [-0.05, 0) is 12.1 Å². The zero-order valence-electron chi connectivity index (χ0n) is 9.91. The molecule has 2 aromatic rings. The van der Waals surface area contributed by atoms with Crippen molar-refractivity contribution in [2.75, 3.05) is 0 Å². The molecule has 1 aromatic heterocycles. The second kappa shape index (κ2) is 4.89. The summed E-state index contributed by atoms with van der Waals surface area (Å²) in [6.07, 6.45) is 0.0377. The number of carbonyl (C=O) groups is 1. The number of nitro groups is 1. The molecular weight excluding hydrogens is 250 g/mol. The van der Waals surface area contributed by atoms with E-state index in [1.54, 1.807) is 0 Å². The molecule has 0 saturated heterocycles. The number of benzene rings is 1. The number of primary amides is 1. The van der Waals surface area contributed by atoms with Crippen LogP contribution < -0.4 is 11.3 Å². The number of non-ortho nitro benzene ring substituents is 1. The quantitative estimate of drug-likeness (QED) is 0.648. The summed E-state index contributed by atoms with van der Waals surface area (Å²) in [4.78, 5) is 32.7. The second-order valence-corrected chi connectivity index (χ2v) is 4.04. The van der Waals surface area contributed by atoms with Crippen LogP contribution in [-0.2, 0) is 11.3 Å². The van der Waals surface area contributed by atoms with E-state index in [4.69, 9.17) is 5.73 Å². The fraction of sp³-hybridized carbons (Fsp3) is 0.167. The third-order valence-electron chi connectivity index (χ3n) is 2.77. The van der Waals surface area contributed by atoms with E-state index in [0.717, 1.165) is 0 Å². The summed E-state index contributed by atoms with van der Waals surface area (Å²) in [6, 6.07) is 7.03. The molecule has 0 fully saturated rings. The van der Waals surface area contributed by atoms with Crippen LogP contribution in [-0.4, -0.2) is 15.4 Å². The molecule has 1 amide bonds. The van der Waals surface area contributed by atoms with Crippen LogP contribution >= 0.6 is 0 Å². The summed E-state index contributed by atoms with van der Waals surface area (Å²) in [5.41, 5.74) is 5.27. The smallest absolute Gasteiger partial charge is 0.270 e. The minimum atomic E-state index is -0.509. The van der Waals surface area contributed by atoms with E-state index in [0.29, 0.717) is 10.9 Å². The van der Waals surface area contributed by atoms with Gasteiger partial charge in [-0.2, -0.15) is 0 Å². The molecule has 0 saturated carbocycles. The van der Waals surface area contributed by atoms with Gasteiger partial charge in [-0.1, -0.05) is 0 Å². The normalized spacial score (nSPS) is 10.5. The first-order valence-corrected chi connectivity index (χ1v) is 5.55. The molecule has 1 heterocycles. The molecule has 0 atom stereocenters. The molecule has 0 unspecified atom stereocenters. The van der Waals surface area contributed by atoms with Crippen LogP contribution in [0.3, 0.4) is 0 Å². The highest BCUT2D eigenvalue weighted by molar-refractivity contribution is 5.81. The third kappa shape index (κ3) is 2.59. The zero-order chi connectivity index (χ0) is 14.0. The van der Waals surface area contributed by atoms with Crippen molar-refractivity contribution in [1.82, 2.24) is 4.57 Å². The van der Waals surface area contributed by atoms with E-state index in [9.17, 15) is 19.7 Å². The molecule has 98 valence electrons. The Morgan fingerprint density at radius 2 is 2.05 bits per heavy atom. The number of amides is 1. The average molecular weight is 261 g/mol. The van der Waals surface area contributed by atoms with Gasteiger partial charge in [0.15, 0.2) is 0 Å². The molecule has 2 rings (SSSR count). The van der Waals surface area contributed by atoms with Gasteiger partial charge in [0.25, 0.3) is 11.2 Å². The number of nitrogens with two attached hydrogens (primary N) is 1. The van der Waals surface area contributed by atoms with Gasteiger partial charge in [-0.15, -0.1) is 0 Å². The molecule has 0 bridgehead atoms. The predicted molar refractivity (Wildman–Crippen MR) is 68.7 cm³/mol. The number of rotatable bonds is 4. The van der Waals surface area contributed by atoms with E-state index < -0.39 is 10.8 Å². The summed E-state index contributed by atoms with van der Waals surface area (Å²) < 4.78 is 1.38. The summed E-state index contributed by atoms with van der Waals surface area (Å²) in [7, 11) is 0. The van der Waals surface area contributed by atoms with E-state index in [-0.39, 0.29) is 24.2 Å². The maximum atomic E-state index is 11.7. The maximum Gasteiger partial charge on any atom is 0.270 e. The fourth-order valence-corrected chi connectivity index (χ4v) is 1.86. The van der Waals surface area contributed by atoms with E-state index in [1.165, 1.54) is 34.9 Å². The van der Waals surface area contributed by atoms with Crippen LogP contribution in [0.15, 0.2) is 35.1 Å². The Hall–Kier alpha value is -2.70. The Labute approximate surface area is 107 Å². The Bertz CT molecular complexity index is 720. The first-order chi connectivity index (χ1) is 8.99. The highest BCUT2D eigenvalue weighted by atomic mass is 16.6. The molecule has 0 aliphatic heterocycles. The lowest BCUT2D eigenvalue weighted by Gasteiger charge is -2.08. The topological polar surface area (TPSA) is 108 Å². The molecule has 7 nitrogen and oxygen atoms in total. The fourth-order valence-electron chi connectivity index (χ4n) is 1.86. The van der Waals surface area contributed by atoms with Crippen LogP contribution in [0.25, 0.3) is 10.9 Å². The van der Waals surface area contributed by atoms with E-state index in [2.05, 4.69) is 0 Å². The van der Waals surface area contributed by atoms with Crippen LogP contribution in [0.1, 0.15) is 6.42 Å². The number of nitro benzene ring substituents is 1. The van der Waals surface area contributed by atoms with Gasteiger partial charge >= 0.3 is 0 Å². The molecule has 19 heavy (non-hydrogen) atoms. The molecule has 2 N–H and O–H groups in total. The standard InChI is InChI=1S/C12H11N3O4/c13-11(16)5-6-14-10-3-2-9(15(18)19)7-8(10)1-4-12(14)17/h1-4,7H,5-6H2,(H2,13,16). The summed E-state index contributed by atoms with van der Waals surface area (Å²) in [5, 5.41) is 11.3. The number of aryl methyl sites for hydroxylation is 1. The van der Waals surface area contributed by atoms with Gasteiger partial charge in [-0.25, -0.2) is 0 Å². The number of hydrogen-bond donors (Lipinski definition) is 1. The highest BCUT2D eigenvalue weighted by Gasteiger charge is 2.09. The minimum Gasteiger partial charge on any atom is -0.370 e. The second-order valence-electron chi connectivity index (χ2n) is 4.04. The average Bonchev–Trinajstić information content (AvgIpc) is 2.36. The minimum absolute atomic E-state index is 0.0377. The van der Waals surface area contributed by atoms with Gasteiger partial charge in [0.2, 0.25) is 5.91 Å². The summed E-state index contributed by atoms with van der Waals surface area (Å²) >= 11 is 0. The number of carbonyl (C=O) groups excluding carboxylic acids is 1. The van der Waals surface area contributed by atoms with Crippen molar-refractivity contribution in [1.29, 1.82) is 0 Å². The highest BCUT2D eigenvalue weighted by Crippen LogP contribution is 2.19. The largest absolute Gasteiger partial charge is 0.370 e. The van der Waals surface area contributed by atoms with Gasteiger partial charge in [0.1, 0.15) is 0 Å². The van der Waals surface area contributed by atoms with Gasteiger partial charge in [0, 0.05) is 36.6 Å². The van der Waals surface area contributed by atoms with Crippen LogP contribution in [0.2, 0.25) is 0 Å². The van der Waals surface area contributed by atoms with Gasteiger partial charge < -0.3 is 10.3 Å². The Morgan fingerprint density at radius 3 is 2.68 bits per heavy atom. The molecule has 0 aliphatic carbocycles. The first kappa shape index (κ1) is 12.7. The lowest BCUT2D eigenvalue weighted by atomic mass is 10.2. The number of nitrogens with zero attached hydrogens (tertiary/aromatic N) is 2. The molecule has 0 aliphatic rings. The third-order valence-corrected chi connectivity index (χ3v) is 2.77. The van der Waals surface area contributed by atoms with Crippen LogP contribution in [0.5, 0.6) is 0 Å². The molecule has 0 spiro atoms. The van der Waals surface area contributed by atoms with E-state index in [1.807, 2.05) is 0 Å². The first-order valence-electron chi connectivity index (χ1n) is 5.55. The van der Waals surface area contributed by atoms with E-state index >= 15 is 0 Å². The Balaban J connectivity index is 2.56. The lowest BCUT2D eigenvalue weighted by Crippen LogP contribution is -2.23. The molecule has 1 aromatic carbocycles. The number of fused-ring (bicyclic) bond motifs is 1. The Kier molecular flexibility index (Phi) is 3.28. The monoisotopic (exact) mass is 261 g/mol. The van der Waals surface area contributed by atoms with Crippen molar-refractivity contribution >= 4 is 22.5 Å². The molecular formula is C12H11N3O4. The van der Waals surface area contributed by atoms with Crippen LogP contribution in [0.4, 0.5) is 5.69 Å². The maximum absolute atomic E-state index is 11.7. The van der Waals surface area contributed by atoms with Crippen molar-refractivity contribution in [3.63, 3.8) is 0 Å². The van der Waals surface area contributed by atoms with Crippen molar-refractivity contribution in [2.45, 2.75) is 13.0 Å². The van der Waals surface area contributed by atoms with Crippen molar-refractivity contribution in [3.8, 4) is 0 Å². The predicted octanol–water partition coefficient (Wildman–Crippen LogP) is 0.785. The number of aromatic nitrogens is 1. The van der Waals surface area contributed by atoms with Gasteiger partial charge in [0.05, 0.1) is 10.4 Å². The van der Waals surface area contributed by atoms with Crippen molar-refractivity contribution < 1.29 is 9.72 Å². The SMILES string of the molecule is NC(=O)CCn1c(=O)ccc2cc([N+](=O)[O-])ccc21. The van der Waals surface area contributed by atoms with Crippen LogP contribution in [0, 0.1) is 10.1 Å². The number of hydrogen-bond acceptors (Lipinski definition) is 4. The zero-order valence-corrected chi connectivity index (χ0v) is 9.91.